The lowest BCUT2D eigenvalue weighted by Crippen LogP contribution is -2.24. The van der Waals surface area contributed by atoms with E-state index in [1.54, 1.807) is 48.5 Å². The molecule has 0 aliphatic rings. The van der Waals surface area contributed by atoms with Crippen LogP contribution in [0, 0.1) is 0 Å². The lowest BCUT2D eigenvalue weighted by molar-refractivity contribution is -0.115. The zero-order chi connectivity index (χ0) is 17.0. The summed E-state index contributed by atoms with van der Waals surface area (Å²) in [5.74, 6) is -0.192. The van der Waals surface area contributed by atoms with Gasteiger partial charge in [0.05, 0.1) is 29.1 Å². The van der Waals surface area contributed by atoms with E-state index in [2.05, 4.69) is 5.32 Å². The molecule has 5 nitrogen and oxygen atoms in total. The molecule has 0 bridgehead atoms. The normalized spacial score (nSPS) is 11.1. The predicted octanol–water partition coefficient (Wildman–Crippen LogP) is 2.92. The molecule has 1 N–H and O–H groups in total. The summed E-state index contributed by atoms with van der Waals surface area (Å²) in [6.45, 7) is 0. The van der Waals surface area contributed by atoms with Crippen molar-refractivity contribution >= 4 is 38.9 Å². The number of nitrogens with one attached hydrogen (secondary N) is 1. The van der Waals surface area contributed by atoms with Gasteiger partial charge in [-0.25, -0.2) is 8.42 Å². The maximum Gasteiger partial charge on any atom is 0.231 e. The molecule has 0 atom stereocenters. The molecule has 0 aromatic heterocycles. The molecule has 7 heteroatoms. The van der Waals surface area contributed by atoms with Gasteiger partial charge in [-0.15, -0.1) is 0 Å². The summed E-state index contributed by atoms with van der Waals surface area (Å²) in [4.78, 5) is 12.0. The molecule has 0 aliphatic carbocycles. The highest BCUT2D eigenvalue weighted by Gasteiger charge is 2.12. The van der Waals surface area contributed by atoms with Gasteiger partial charge >= 0.3 is 0 Å². The van der Waals surface area contributed by atoms with E-state index < -0.39 is 10.0 Å². The number of carbonyl (C=O) groups is 1. The van der Waals surface area contributed by atoms with Crippen LogP contribution in [0.25, 0.3) is 0 Å². The van der Waals surface area contributed by atoms with Crippen LogP contribution in [0.2, 0.25) is 5.02 Å². The molecule has 0 radical (unpaired) electrons. The lowest BCUT2D eigenvalue weighted by Gasteiger charge is -2.16. The molecule has 0 spiro atoms. The summed E-state index contributed by atoms with van der Waals surface area (Å²) < 4.78 is 24.1. The van der Waals surface area contributed by atoms with E-state index in [1.165, 1.54) is 11.4 Å². The van der Waals surface area contributed by atoms with Gasteiger partial charge in [-0.2, -0.15) is 0 Å². The number of benzene rings is 2. The molecule has 0 saturated heterocycles. The molecule has 2 aromatic rings. The number of nitrogens with zero attached hydrogens (tertiary/aromatic N) is 1. The molecule has 0 aliphatic heterocycles. The Morgan fingerprint density at radius 2 is 1.74 bits per heavy atom. The van der Waals surface area contributed by atoms with Crippen molar-refractivity contribution in [2.75, 3.05) is 22.9 Å². The van der Waals surface area contributed by atoms with Gasteiger partial charge in [0, 0.05) is 7.05 Å². The van der Waals surface area contributed by atoms with E-state index >= 15 is 0 Å². The standard InChI is InChI=1S/C16H17ClN2O3S/c1-19(23(2,21)22)13-9-7-12(8-10-13)11-16(20)18-15-6-4-3-5-14(15)17/h3-10H,11H2,1-2H3,(H,18,20). The predicted molar refractivity (Wildman–Crippen MR) is 93.5 cm³/mol. The van der Waals surface area contributed by atoms with Gasteiger partial charge in [-0.3, -0.25) is 9.10 Å². The minimum Gasteiger partial charge on any atom is -0.324 e. The highest BCUT2D eigenvalue weighted by molar-refractivity contribution is 7.92. The van der Waals surface area contributed by atoms with Gasteiger partial charge in [0.15, 0.2) is 0 Å². The van der Waals surface area contributed by atoms with Crippen LogP contribution in [0.4, 0.5) is 11.4 Å². The molecule has 2 rings (SSSR count). The van der Waals surface area contributed by atoms with Crippen molar-refractivity contribution < 1.29 is 13.2 Å². The first-order valence-electron chi connectivity index (χ1n) is 6.84. The monoisotopic (exact) mass is 352 g/mol. The first kappa shape index (κ1) is 17.3. The second-order valence-electron chi connectivity index (χ2n) is 5.10. The molecular weight excluding hydrogens is 336 g/mol. The minimum atomic E-state index is -3.30. The van der Waals surface area contributed by atoms with Gasteiger partial charge < -0.3 is 5.32 Å². The highest BCUT2D eigenvalue weighted by Crippen LogP contribution is 2.21. The summed E-state index contributed by atoms with van der Waals surface area (Å²) in [6, 6.07) is 13.8. The van der Waals surface area contributed by atoms with E-state index in [9.17, 15) is 13.2 Å². The number of hydrogen-bond acceptors (Lipinski definition) is 3. The van der Waals surface area contributed by atoms with Crippen LogP contribution in [0.15, 0.2) is 48.5 Å². The second kappa shape index (κ2) is 7.02. The number of halogens is 1. The Morgan fingerprint density at radius 3 is 2.30 bits per heavy atom. The third kappa shape index (κ3) is 4.71. The molecule has 122 valence electrons. The Balaban J connectivity index is 2.04. The SMILES string of the molecule is CN(c1ccc(CC(=O)Nc2ccccc2Cl)cc1)S(C)(=O)=O. The summed E-state index contributed by atoms with van der Waals surface area (Å²) in [7, 11) is -1.82. The van der Waals surface area contributed by atoms with Gasteiger partial charge in [-0.05, 0) is 29.8 Å². The van der Waals surface area contributed by atoms with Gasteiger partial charge in [0.1, 0.15) is 0 Å². The van der Waals surface area contributed by atoms with E-state index in [-0.39, 0.29) is 12.3 Å². The summed E-state index contributed by atoms with van der Waals surface area (Å²) in [6.07, 6.45) is 1.31. The number of para-hydroxylation sites is 1. The Hall–Kier alpha value is -2.05. The molecular formula is C16H17ClN2O3S. The molecule has 0 saturated carbocycles. The Morgan fingerprint density at radius 1 is 1.13 bits per heavy atom. The maximum absolute atomic E-state index is 12.0. The zero-order valence-corrected chi connectivity index (χ0v) is 14.4. The summed E-state index contributed by atoms with van der Waals surface area (Å²) in [5.41, 5.74) is 1.88. The van der Waals surface area contributed by atoms with Crippen LogP contribution in [0.5, 0.6) is 0 Å². The minimum absolute atomic E-state index is 0.175. The molecule has 0 heterocycles. The lowest BCUT2D eigenvalue weighted by atomic mass is 10.1. The van der Waals surface area contributed by atoms with Crippen molar-refractivity contribution in [3.8, 4) is 0 Å². The van der Waals surface area contributed by atoms with Crippen molar-refractivity contribution in [2.45, 2.75) is 6.42 Å². The van der Waals surface area contributed by atoms with Crippen molar-refractivity contribution in [3.05, 3.63) is 59.1 Å². The van der Waals surface area contributed by atoms with Crippen LogP contribution < -0.4 is 9.62 Å². The number of rotatable bonds is 5. The van der Waals surface area contributed by atoms with E-state index in [4.69, 9.17) is 11.6 Å². The number of carbonyl (C=O) groups excluding carboxylic acids is 1. The highest BCUT2D eigenvalue weighted by atomic mass is 35.5. The third-order valence-corrected chi connectivity index (χ3v) is 4.85. The first-order valence-corrected chi connectivity index (χ1v) is 9.07. The van der Waals surface area contributed by atoms with Crippen molar-refractivity contribution in [2.24, 2.45) is 0 Å². The molecule has 2 aromatic carbocycles. The average Bonchev–Trinajstić information content (AvgIpc) is 2.49. The maximum atomic E-state index is 12.0. The quantitative estimate of drug-likeness (QED) is 0.899. The third-order valence-electron chi connectivity index (χ3n) is 3.31. The molecule has 23 heavy (non-hydrogen) atoms. The molecule has 0 unspecified atom stereocenters. The van der Waals surface area contributed by atoms with Gasteiger partial charge in [0.2, 0.25) is 15.9 Å². The molecule has 0 fully saturated rings. The number of anilines is 2. The van der Waals surface area contributed by atoms with Crippen LogP contribution >= 0.6 is 11.6 Å². The number of sulfonamides is 1. The topological polar surface area (TPSA) is 66.5 Å². The fourth-order valence-corrected chi connectivity index (χ4v) is 2.65. The largest absolute Gasteiger partial charge is 0.324 e. The van der Waals surface area contributed by atoms with Gasteiger partial charge in [-0.1, -0.05) is 35.9 Å². The van der Waals surface area contributed by atoms with Crippen LogP contribution in [0.1, 0.15) is 5.56 Å². The van der Waals surface area contributed by atoms with E-state index in [0.717, 1.165) is 11.8 Å². The fourth-order valence-electron chi connectivity index (χ4n) is 1.96. The van der Waals surface area contributed by atoms with Gasteiger partial charge in [0.25, 0.3) is 0 Å². The first-order chi connectivity index (χ1) is 10.8. The van der Waals surface area contributed by atoms with Crippen molar-refractivity contribution in [1.82, 2.24) is 0 Å². The Kier molecular flexibility index (Phi) is 5.28. The van der Waals surface area contributed by atoms with Crippen LogP contribution in [-0.2, 0) is 21.2 Å². The van der Waals surface area contributed by atoms with E-state index in [0.29, 0.717) is 16.4 Å². The summed E-state index contributed by atoms with van der Waals surface area (Å²) in [5, 5.41) is 3.22. The smallest absolute Gasteiger partial charge is 0.231 e. The second-order valence-corrected chi connectivity index (χ2v) is 7.52. The van der Waals surface area contributed by atoms with E-state index in [1.807, 2.05) is 0 Å². The average molecular weight is 353 g/mol. The number of amides is 1. The Labute approximate surface area is 140 Å². The molecule has 1 amide bonds. The van der Waals surface area contributed by atoms with Crippen molar-refractivity contribution in [1.29, 1.82) is 0 Å². The van der Waals surface area contributed by atoms with Crippen LogP contribution in [-0.4, -0.2) is 27.6 Å². The zero-order valence-electron chi connectivity index (χ0n) is 12.8. The number of hydrogen-bond donors (Lipinski definition) is 1. The fraction of sp³-hybridized carbons (Fsp3) is 0.188. The van der Waals surface area contributed by atoms with Crippen LogP contribution in [0.3, 0.4) is 0 Å². The van der Waals surface area contributed by atoms with Crippen molar-refractivity contribution in [3.63, 3.8) is 0 Å². The Bertz CT molecular complexity index is 804. The summed E-state index contributed by atoms with van der Waals surface area (Å²) >= 11 is 5.99.